The number of benzene rings is 1. The molecule has 0 radical (unpaired) electrons. The van der Waals surface area contributed by atoms with E-state index in [1.54, 1.807) is 13.1 Å². The van der Waals surface area contributed by atoms with E-state index in [4.69, 9.17) is 9.47 Å². The van der Waals surface area contributed by atoms with Crippen LogP contribution in [0.4, 0.5) is 0 Å². The number of carbonyl (C=O) groups excluding carboxylic acids is 1. The summed E-state index contributed by atoms with van der Waals surface area (Å²) in [6.07, 6.45) is 5.10. The fourth-order valence-corrected chi connectivity index (χ4v) is 4.47. The molecule has 0 bridgehead atoms. The van der Waals surface area contributed by atoms with Gasteiger partial charge in [0.15, 0.2) is 0 Å². The molecule has 0 saturated heterocycles. The highest BCUT2D eigenvalue weighted by Gasteiger charge is 2.47. The Labute approximate surface area is 183 Å². The molecule has 5 nitrogen and oxygen atoms in total. The van der Waals surface area contributed by atoms with Gasteiger partial charge in [-0.15, -0.1) is 0 Å². The third-order valence-electron chi connectivity index (χ3n) is 6.38. The first-order valence-electron chi connectivity index (χ1n) is 10.9. The summed E-state index contributed by atoms with van der Waals surface area (Å²) in [5.41, 5.74) is 3.53. The van der Waals surface area contributed by atoms with E-state index in [1.807, 2.05) is 18.3 Å². The summed E-state index contributed by atoms with van der Waals surface area (Å²) in [7, 11) is 0. The van der Waals surface area contributed by atoms with Crippen molar-refractivity contribution in [2.75, 3.05) is 0 Å². The Hall–Kier alpha value is -3.08. The zero-order chi connectivity index (χ0) is 22.2. The van der Waals surface area contributed by atoms with Gasteiger partial charge in [-0.05, 0) is 57.0 Å². The van der Waals surface area contributed by atoms with Gasteiger partial charge in [-0.1, -0.05) is 20.4 Å². The lowest BCUT2D eigenvalue weighted by atomic mass is 9.86. The molecule has 162 valence electrons. The number of fused-ring (bicyclic) bond motifs is 1. The first-order chi connectivity index (χ1) is 14.8. The molecule has 0 amide bonds. The third-order valence-corrected chi connectivity index (χ3v) is 6.38. The molecular formula is C26H30N2O3. The van der Waals surface area contributed by atoms with Crippen molar-refractivity contribution in [2.45, 2.75) is 59.3 Å². The standard InChI is InChI=1S/C26H30N2O3/c1-6-28-21(19-8-7-13-27-16-19)14-18-9-10-20(15-22(18)28)30-23-11-12-24(26(23,4)5)31-25(29)17(2)3/h7-10,13-16,23-24H,2,6,11-12H2,1,3-5H3. The first-order valence-corrected chi connectivity index (χ1v) is 10.9. The van der Waals surface area contributed by atoms with E-state index in [0.29, 0.717) is 5.57 Å². The summed E-state index contributed by atoms with van der Waals surface area (Å²) in [4.78, 5) is 16.3. The second-order valence-corrected chi connectivity index (χ2v) is 8.92. The number of aromatic nitrogens is 2. The zero-order valence-electron chi connectivity index (χ0n) is 18.7. The molecule has 0 N–H and O–H groups in total. The lowest BCUT2D eigenvalue weighted by Gasteiger charge is -2.32. The summed E-state index contributed by atoms with van der Waals surface area (Å²) >= 11 is 0. The van der Waals surface area contributed by atoms with Crippen LogP contribution in [0.25, 0.3) is 22.2 Å². The van der Waals surface area contributed by atoms with E-state index >= 15 is 0 Å². The summed E-state index contributed by atoms with van der Waals surface area (Å²) < 4.78 is 14.4. The van der Waals surface area contributed by atoms with Crippen molar-refractivity contribution in [1.29, 1.82) is 0 Å². The van der Waals surface area contributed by atoms with Crippen LogP contribution in [0.2, 0.25) is 0 Å². The quantitative estimate of drug-likeness (QED) is 0.376. The highest BCUT2D eigenvalue weighted by Crippen LogP contribution is 2.43. The molecule has 0 aliphatic heterocycles. The van der Waals surface area contributed by atoms with Crippen LogP contribution < -0.4 is 4.74 Å². The van der Waals surface area contributed by atoms with Crippen LogP contribution in [-0.4, -0.2) is 27.7 Å². The maximum Gasteiger partial charge on any atom is 0.333 e. The Bertz CT molecular complexity index is 1110. The van der Waals surface area contributed by atoms with Gasteiger partial charge in [0, 0.05) is 46.9 Å². The number of rotatable bonds is 6. The molecule has 1 aliphatic rings. The molecule has 1 aromatic carbocycles. The van der Waals surface area contributed by atoms with E-state index in [-0.39, 0.29) is 23.6 Å². The van der Waals surface area contributed by atoms with Crippen LogP contribution in [0, 0.1) is 5.41 Å². The van der Waals surface area contributed by atoms with Crippen LogP contribution in [0.15, 0.2) is 60.9 Å². The van der Waals surface area contributed by atoms with Gasteiger partial charge < -0.3 is 14.0 Å². The van der Waals surface area contributed by atoms with Gasteiger partial charge in [-0.3, -0.25) is 4.98 Å². The van der Waals surface area contributed by atoms with Gasteiger partial charge in [0.25, 0.3) is 0 Å². The topological polar surface area (TPSA) is 53.4 Å². The molecule has 2 aromatic heterocycles. The number of ether oxygens (including phenoxy) is 2. The van der Waals surface area contributed by atoms with E-state index < -0.39 is 0 Å². The molecule has 5 heteroatoms. The van der Waals surface area contributed by atoms with Gasteiger partial charge >= 0.3 is 5.97 Å². The molecule has 2 unspecified atom stereocenters. The Morgan fingerprint density at radius 1 is 1.23 bits per heavy atom. The molecule has 4 rings (SSSR count). The van der Waals surface area contributed by atoms with Gasteiger partial charge in [-0.2, -0.15) is 0 Å². The molecule has 2 heterocycles. The third kappa shape index (κ3) is 3.97. The van der Waals surface area contributed by atoms with Crippen molar-refractivity contribution in [3.63, 3.8) is 0 Å². The number of pyridine rings is 1. The monoisotopic (exact) mass is 418 g/mol. The van der Waals surface area contributed by atoms with Crippen molar-refractivity contribution in [2.24, 2.45) is 5.41 Å². The molecule has 3 aromatic rings. The second-order valence-electron chi connectivity index (χ2n) is 8.92. The van der Waals surface area contributed by atoms with Crippen LogP contribution in [0.3, 0.4) is 0 Å². The van der Waals surface area contributed by atoms with Gasteiger partial charge in [0.2, 0.25) is 0 Å². The number of nitrogens with zero attached hydrogens (tertiary/aromatic N) is 2. The highest BCUT2D eigenvalue weighted by molar-refractivity contribution is 5.88. The van der Waals surface area contributed by atoms with Crippen molar-refractivity contribution in [1.82, 2.24) is 9.55 Å². The van der Waals surface area contributed by atoms with E-state index in [0.717, 1.165) is 41.9 Å². The molecule has 0 spiro atoms. The average Bonchev–Trinajstić information content (AvgIpc) is 3.25. The zero-order valence-corrected chi connectivity index (χ0v) is 18.7. The van der Waals surface area contributed by atoms with Crippen molar-refractivity contribution in [3.05, 3.63) is 60.9 Å². The maximum atomic E-state index is 12.0. The minimum atomic E-state index is -0.330. The summed E-state index contributed by atoms with van der Waals surface area (Å²) in [5.74, 6) is 0.506. The molecule has 2 atom stereocenters. The minimum absolute atomic E-state index is 0.0318. The van der Waals surface area contributed by atoms with Crippen LogP contribution in [0.1, 0.15) is 40.5 Å². The number of aryl methyl sites for hydroxylation is 1. The SMILES string of the molecule is C=C(C)C(=O)OC1CCC(Oc2ccc3cc(-c4cccnc4)n(CC)c3c2)C1(C)C. The number of hydrogen-bond acceptors (Lipinski definition) is 4. The fraction of sp³-hybridized carbons (Fsp3) is 0.385. The second kappa shape index (κ2) is 8.22. The Morgan fingerprint density at radius 3 is 2.68 bits per heavy atom. The number of esters is 1. The van der Waals surface area contributed by atoms with Crippen LogP contribution >= 0.6 is 0 Å². The highest BCUT2D eigenvalue weighted by atomic mass is 16.6. The lowest BCUT2D eigenvalue weighted by molar-refractivity contribution is -0.150. The lowest BCUT2D eigenvalue weighted by Crippen LogP contribution is -2.38. The van der Waals surface area contributed by atoms with E-state index in [2.05, 4.69) is 61.2 Å². The number of hydrogen-bond donors (Lipinski definition) is 0. The summed E-state index contributed by atoms with van der Waals surface area (Å²) in [6.45, 7) is 12.6. The van der Waals surface area contributed by atoms with Gasteiger partial charge in [-0.25, -0.2) is 4.79 Å². The van der Waals surface area contributed by atoms with Crippen LogP contribution in [-0.2, 0) is 16.1 Å². The Balaban J connectivity index is 1.59. The Morgan fingerprint density at radius 2 is 2.00 bits per heavy atom. The average molecular weight is 419 g/mol. The van der Waals surface area contributed by atoms with Gasteiger partial charge in [0.05, 0.1) is 11.2 Å². The molecule has 1 fully saturated rings. The predicted molar refractivity (Wildman–Crippen MR) is 123 cm³/mol. The molecule has 1 aliphatic carbocycles. The van der Waals surface area contributed by atoms with Crippen molar-refractivity contribution in [3.8, 4) is 17.0 Å². The number of carbonyl (C=O) groups is 1. The summed E-state index contributed by atoms with van der Waals surface area (Å²) in [6, 6.07) is 12.5. The van der Waals surface area contributed by atoms with E-state index in [1.165, 1.54) is 5.39 Å². The van der Waals surface area contributed by atoms with Crippen molar-refractivity contribution >= 4 is 16.9 Å². The minimum Gasteiger partial charge on any atom is -0.490 e. The molecule has 1 saturated carbocycles. The predicted octanol–water partition coefficient (Wildman–Crippen LogP) is 5.78. The molecule has 31 heavy (non-hydrogen) atoms. The normalized spacial score (nSPS) is 20.0. The van der Waals surface area contributed by atoms with E-state index in [9.17, 15) is 4.79 Å². The molecular weight excluding hydrogens is 388 g/mol. The fourth-order valence-electron chi connectivity index (χ4n) is 4.47. The first kappa shape index (κ1) is 21.2. The Kier molecular flexibility index (Phi) is 5.61. The van der Waals surface area contributed by atoms with Gasteiger partial charge in [0.1, 0.15) is 18.0 Å². The summed E-state index contributed by atoms with van der Waals surface area (Å²) in [5, 5.41) is 1.17. The van der Waals surface area contributed by atoms with Crippen molar-refractivity contribution < 1.29 is 14.3 Å². The maximum absolute atomic E-state index is 12.0. The van der Waals surface area contributed by atoms with Crippen LogP contribution in [0.5, 0.6) is 5.75 Å². The largest absolute Gasteiger partial charge is 0.490 e. The smallest absolute Gasteiger partial charge is 0.333 e.